The molecule has 0 aromatic carbocycles. The standard InChI is InChI=1S/C14H17N3O2S/c18-9-12-10-19-4-3-17(12)8-11-6-15-14(16-7-11)13-2-1-5-20-13/h1-2,5-7,12,18H,3-4,8-10H2/t12-/m1/s1. The van der Waals surface area contributed by atoms with E-state index in [1.807, 2.05) is 29.9 Å². The van der Waals surface area contributed by atoms with Crippen molar-refractivity contribution in [3.8, 4) is 10.7 Å². The summed E-state index contributed by atoms with van der Waals surface area (Å²) in [5.41, 5.74) is 1.06. The second kappa shape index (κ2) is 6.41. The third-order valence-electron chi connectivity index (χ3n) is 3.39. The fraction of sp³-hybridized carbons (Fsp3) is 0.429. The quantitative estimate of drug-likeness (QED) is 0.922. The van der Waals surface area contributed by atoms with Crippen molar-refractivity contribution >= 4 is 11.3 Å². The van der Waals surface area contributed by atoms with Gasteiger partial charge in [0.1, 0.15) is 0 Å². The van der Waals surface area contributed by atoms with Crippen molar-refractivity contribution in [1.82, 2.24) is 14.9 Å². The Morgan fingerprint density at radius 1 is 1.40 bits per heavy atom. The molecule has 0 saturated carbocycles. The molecule has 2 aromatic heterocycles. The first-order valence-corrected chi connectivity index (χ1v) is 7.52. The molecule has 1 aliphatic rings. The molecular weight excluding hydrogens is 274 g/mol. The van der Waals surface area contributed by atoms with Crippen LogP contribution in [0.4, 0.5) is 0 Å². The molecule has 0 radical (unpaired) electrons. The molecule has 0 aliphatic carbocycles. The normalized spacial score (nSPS) is 20.1. The molecule has 3 rings (SSSR count). The number of aliphatic hydroxyl groups is 1. The summed E-state index contributed by atoms with van der Waals surface area (Å²) in [4.78, 5) is 12.1. The molecule has 1 N–H and O–H groups in total. The van der Waals surface area contributed by atoms with Gasteiger partial charge in [-0.15, -0.1) is 11.3 Å². The summed E-state index contributed by atoms with van der Waals surface area (Å²) in [6.45, 7) is 3.00. The predicted octanol–water partition coefficient (Wildman–Crippen LogP) is 1.40. The van der Waals surface area contributed by atoms with E-state index in [4.69, 9.17) is 4.74 Å². The topological polar surface area (TPSA) is 58.5 Å². The first-order chi connectivity index (χ1) is 9.86. The number of nitrogens with zero attached hydrogens (tertiary/aromatic N) is 3. The van der Waals surface area contributed by atoms with Crippen LogP contribution in [0.1, 0.15) is 5.56 Å². The fourth-order valence-electron chi connectivity index (χ4n) is 2.27. The average Bonchev–Trinajstić information content (AvgIpc) is 3.03. The van der Waals surface area contributed by atoms with Gasteiger partial charge in [0.25, 0.3) is 0 Å². The number of morpholine rings is 1. The lowest BCUT2D eigenvalue weighted by Crippen LogP contribution is -2.46. The third kappa shape index (κ3) is 3.04. The second-order valence-corrected chi connectivity index (χ2v) is 5.72. The lowest BCUT2D eigenvalue weighted by atomic mass is 10.2. The van der Waals surface area contributed by atoms with Crippen LogP contribution in [-0.4, -0.2) is 52.4 Å². The van der Waals surface area contributed by atoms with Gasteiger partial charge in [-0.05, 0) is 11.4 Å². The zero-order chi connectivity index (χ0) is 13.8. The van der Waals surface area contributed by atoms with E-state index in [1.165, 1.54) is 0 Å². The van der Waals surface area contributed by atoms with Gasteiger partial charge in [0.15, 0.2) is 5.82 Å². The van der Waals surface area contributed by atoms with E-state index in [0.717, 1.165) is 29.4 Å². The highest BCUT2D eigenvalue weighted by molar-refractivity contribution is 7.13. The molecular formula is C14H17N3O2S. The fourth-order valence-corrected chi connectivity index (χ4v) is 2.94. The van der Waals surface area contributed by atoms with Crippen molar-refractivity contribution in [3.63, 3.8) is 0 Å². The lowest BCUT2D eigenvalue weighted by molar-refractivity contribution is -0.0313. The van der Waals surface area contributed by atoms with Crippen LogP contribution in [0.25, 0.3) is 10.7 Å². The highest BCUT2D eigenvalue weighted by Crippen LogP contribution is 2.20. The highest BCUT2D eigenvalue weighted by Gasteiger charge is 2.22. The molecule has 6 heteroatoms. The average molecular weight is 291 g/mol. The Balaban J connectivity index is 1.68. The molecule has 0 bridgehead atoms. The number of thiophene rings is 1. The largest absolute Gasteiger partial charge is 0.395 e. The minimum atomic E-state index is 0.0701. The predicted molar refractivity (Wildman–Crippen MR) is 77.4 cm³/mol. The maximum Gasteiger partial charge on any atom is 0.169 e. The summed E-state index contributed by atoms with van der Waals surface area (Å²) in [5, 5.41) is 11.4. The van der Waals surface area contributed by atoms with Crippen LogP contribution in [0.3, 0.4) is 0 Å². The smallest absolute Gasteiger partial charge is 0.169 e. The Bertz CT molecular complexity index is 530. The van der Waals surface area contributed by atoms with Gasteiger partial charge >= 0.3 is 0 Å². The third-order valence-corrected chi connectivity index (χ3v) is 4.26. The van der Waals surface area contributed by atoms with E-state index in [1.54, 1.807) is 11.3 Å². The monoisotopic (exact) mass is 291 g/mol. The van der Waals surface area contributed by atoms with E-state index in [9.17, 15) is 5.11 Å². The van der Waals surface area contributed by atoms with E-state index in [0.29, 0.717) is 13.2 Å². The summed E-state index contributed by atoms with van der Waals surface area (Å²) in [6, 6.07) is 4.08. The molecule has 5 nitrogen and oxygen atoms in total. The molecule has 1 saturated heterocycles. The van der Waals surface area contributed by atoms with Gasteiger partial charge in [-0.2, -0.15) is 0 Å². The van der Waals surface area contributed by atoms with Crippen LogP contribution in [0.15, 0.2) is 29.9 Å². The summed E-state index contributed by atoms with van der Waals surface area (Å²) in [7, 11) is 0. The molecule has 3 heterocycles. The molecule has 0 amide bonds. The SMILES string of the molecule is OC[C@@H]1COCCN1Cc1cnc(-c2cccs2)nc1. The summed E-state index contributed by atoms with van der Waals surface area (Å²) in [5.74, 6) is 0.768. The second-order valence-electron chi connectivity index (χ2n) is 4.77. The van der Waals surface area contributed by atoms with Gasteiger partial charge in [-0.1, -0.05) is 6.07 Å². The minimum Gasteiger partial charge on any atom is -0.395 e. The maximum absolute atomic E-state index is 9.36. The Labute approximate surface area is 121 Å². The zero-order valence-corrected chi connectivity index (χ0v) is 11.9. The van der Waals surface area contributed by atoms with E-state index in [2.05, 4.69) is 14.9 Å². The van der Waals surface area contributed by atoms with Gasteiger partial charge in [0.2, 0.25) is 0 Å². The number of hydrogen-bond donors (Lipinski definition) is 1. The number of hydrogen-bond acceptors (Lipinski definition) is 6. The Morgan fingerprint density at radius 3 is 2.95 bits per heavy atom. The van der Waals surface area contributed by atoms with Crippen molar-refractivity contribution in [3.05, 3.63) is 35.5 Å². The van der Waals surface area contributed by atoms with Crippen LogP contribution in [0.5, 0.6) is 0 Å². The Hall–Kier alpha value is -1.34. The van der Waals surface area contributed by atoms with Gasteiger partial charge in [-0.3, -0.25) is 4.90 Å². The molecule has 1 fully saturated rings. The Kier molecular flexibility index (Phi) is 4.37. The summed E-state index contributed by atoms with van der Waals surface area (Å²) < 4.78 is 5.38. The number of aromatic nitrogens is 2. The van der Waals surface area contributed by atoms with Crippen molar-refractivity contribution in [2.24, 2.45) is 0 Å². The molecule has 0 unspecified atom stereocenters. The molecule has 20 heavy (non-hydrogen) atoms. The van der Waals surface area contributed by atoms with E-state index in [-0.39, 0.29) is 12.6 Å². The van der Waals surface area contributed by atoms with Crippen molar-refractivity contribution in [1.29, 1.82) is 0 Å². The Morgan fingerprint density at radius 2 is 2.25 bits per heavy atom. The van der Waals surface area contributed by atoms with Crippen molar-refractivity contribution in [2.75, 3.05) is 26.4 Å². The summed E-state index contributed by atoms with van der Waals surface area (Å²) >= 11 is 1.64. The van der Waals surface area contributed by atoms with Crippen LogP contribution < -0.4 is 0 Å². The number of ether oxygens (including phenoxy) is 1. The molecule has 0 spiro atoms. The first-order valence-electron chi connectivity index (χ1n) is 6.64. The van der Waals surface area contributed by atoms with Crippen molar-refractivity contribution in [2.45, 2.75) is 12.6 Å². The molecule has 1 atom stereocenters. The number of aliphatic hydroxyl groups excluding tert-OH is 1. The molecule has 1 aliphatic heterocycles. The molecule has 2 aromatic rings. The van der Waals surface area contributed by atoms with Crippen LogP contribution in [-0.2, 0) is 11.3 Å². The van der Waals surface area contributed by atoms with E-state index >= 15 is 0 Å². The minimum absolute atomic E-state index is 0.0701. The van der Waals surface area contributed by atoms with Crippen molar-refractivity contribution < 1.29 is 9.84 Å². The summed E-state index contributed by atoms with van der Waals surface area (Å²) in [6.07, 6.45) is 3.73. The number of rotatable bonds is 4. The van der Waals surface area contributed by atoms with Gasteiger partial charge in [0.05, 0.1) is 30.7 Å². The first kappa shape index (κ1) is 13.6. The zero-order valence-electron chi connectivity index (χ0n) is 11.1. The van der Waals surface area contributed by atoms with Gasteiger partial charge in [0, 0.05) is 31.0 Å². The van der Waals surface area contributed by atoms with Crippen LogP contribution in [0, 0.1) is 0 Å². The van der Waals surface area contributed by atoms with Crippen LogP contribution in [0.2, 0.25) is 0 Å². The van der Waals surface area contributed by atoms with Gasteiger partial charge in [-0.25, -0.2) is 9.97 Å². The van der Waals surface area contributed by atoms with E-state index < -0.39 is 0 Å². The van der Waals surface area contributed by atoms with Crippen LogP contribution >= 0.6 is 11.3 Å². The lowest BCUT2D eigenvalue weighted by Gasteiger charge is -2.34. The van der Waals surface area contributed by atoms with Gasteiger partial charge < -0.3 is 9.84 Å². The molecule has 106 valence electrons. The highest BCUT2D eigenvalue weighted by atomic mass is 32.1. The maximum atomic E-state index is 9.36.